The molecule has 2 aromatic carbocycles. The van der Waals surface area contributed by atoms with Gasteiger partial charge in [0.1, 0.15) is 5.75 Å². The summed E-state index contributed by atoms with van der Waals surface area (Å²) < 4.78 is 42.1. The molecular weight excluding hydrogens is 405 g/mol. The van der Waals surface area contributed by atoms with Gasteiger partial charge in [-0.15, -0.1) is 25.6 Å². The van der Waals surface area contributed by atoms with Gasteiger partial charge >= 0.3 is 6.36 Å². The average molecular weight is 429 g/mol. The topological polar surface area (TPSA) is 55.6 Å². The molecule has 0 aliphatic heterocycles. The van der Waals surface area contributed by atoms with E-state index in [-0.39, 0.29) is 35.9 Å². The summed E-state index contributed by atoms with van der Waals surface area (Å²) in [6.07, 6.45) is -3.53. The minimum absolute atomic E-state index is 0. The Labute approximate surface area is 174 Å². The van der Waals surface area contributed by atoms with E-state index in [1.807, 2.05) is 30.3 Å². The molecule has 3 rings (SSSR count). The molecule has 2 unspecified atom stereocenters. The lowest BCUT2D eigenvalue weighted by Crippen LogP contribution is -2.38. The van der Waals surface area contributed by atoms with Crippen LogP contribution in [0.25, 0.3) is 0 Å². The highest BCUT2D eigenvalue weighted by molar-refractivity contribution is 5.85. The minimum Gasteiger partial charge on any atom is -0.405 e. The second kappa shape index (κ2) is 9.98. The Kier molecular flexibility index (Phi) is 7.93. The van der Waals surface area contributed by atoms with E-state index in [0.29, 0.717) is 38.0 Å². The quantitative estimate of drug-likeness (QED) is 0.687. The van der Waals surface area contributed by atoms with E-state index in [4.69, 9.17) is 5.73 Å². The predicted molar refractivity (Wildman–Crippen MR) is 107 cm³/mol. The summed E-state index contributed by atoms with van der Waals surface area (Å²) >= 11 is 0. The van der Waals surface area contributed by atoms with Crippen LogP contribution in [-0.2, 0) is 11.2 Å². The molecule has 2 aromatic rings. The summed E-state index contributed by atoms with van der Waals surface area (Å²) in [5, 5.41) is 0. The molecule has 2 atom stereocenters. The van der Waals surface area contributed by atoms with Crippen LogP contribution < -0.4 is 10.5 Å². The van der Waals surface area contributed by atoms with Crippen LogP contribution in [0.2, 0.25) is 0 Å². The first kappa shape index (κ1) is 23.0. The van der Waals surface area contributed by atoms with Gasteiger partial charge in [0.05, 0.1) is 0 Å². The monoisotopic (exact) mass is 428 g/mol. The van der Waals surface area contributed by atoms with E-state index < -0.39 is 6.36 Å². The van der Waals surface area contributed by atoms with Crippen molar-refractivity contribution in [2.75, 3.05) is 19.6 Å². The molecule has 0 radical (unpaired) electrons. The SMILES string of the molecule is Cl.NCCN(CCc1ccccc1)C(=O)C1CC1c1ccccc1OC(F)(F)F. The van der Waals surface area contributed by atoms with Gasteiger partial charge in [0.2, 0.25) is 5.91 Å². The standard InChI is InChI=1S/C21H23F3N2O2.ClH/c22-21(23,24)28-19-9-5-4-8-16(19)17-14-18(17)20(27)26(13-11-25)12-10-15-6-2-1-3-7-15;/h1-9,17-18H,10-14,25H2;1H. The number of para-hydroxylation sites is 1. The summed E-state index contributed by atoms with van der Waals surface area (Å²) in [7, 11) is 0. The molecule has 0 bridgehead atoms. The Bertz CT molecular complexity index is 802. The molecule has 1 amide bonds. The van der Waals surface area contributed by atoms with Crippen molar-refractivity contribution in [2.24, 2.45) is 11.7 Å². The first-order valence-corrected chi connectivity index (χ1v) is 9.26. The van der Waals surface area contributed by atoms with Gasteiger partial charge in [0.25, 0.3) is 0 Å². The maximum Gasteiger partial charge on any atom is 0.573 e. The van der Waals surface area contributed by atoms with Crippen molar-refractivity contribution in [1.29, 1.82) is 0 Å². The Morgan fingerprint density at radius 2 is 1.72 bits per heavy atom. The van der Waals surface area contributed by atoms with Crippen molar-refractivity contribution in [3.05, 3.63) is 65.7 Å². The fourth-order valence-electron chi connectivity index (χ4n) is 3.45. The van der Waals surface area contributed by atoms with Crippen LogP contribution in [0.5, 0.6) is 5.75 Å². The first-order chi connectivity index (χ1) is 13.4. The van der Waals surface area contributed by atoms with E-state index in [9.17, 15) is 18.0 Å². The smallest absolute Gasteiger partial charge is 0.405 e. The van der Waals surface area contributed by atoms with Crippen molar-refractivity contribution < 1.29 is 22.7 Å². The third-order valence-electron chi connectivity index (χ3n) is 4.88. The van der Waals surface area contributed by atoms with E-state index in [2.05, 4.69) is 4.74 Å². The van der Waals surface area contributed by atoms with Crippen LogP contribution in [0.1, 0.15) is 23.5 Å². The number of benzene rings is 2. The molecule has 2 N–H and O–H groups in total. The van der Waals surface area contributed by atoms with Crippen LogP contribution in [0, 0.1) is 5.92 Å². The molecule has 8 heteroatoms. The number of nitrogens with two attached hydrogens (primary N) is 1. The normalized spacial score (nSPS) is 17.9. The fraction of sp³-hybridized carbons (Fsp3) is 0.381. The van der Waals surface area contributed by atoms with Crippen LogP contribution in [0.4, 0.5) is 13.2 Å². The summed E-state index contributed by atoms with van der Waals surface area (Å²) in [5.74, 6) is -0.887. The van der Waals surface area contributed by atoms with Gasteiger partial charge < -0.3 is 15.4 Å². The molecule has 4 nitrogen and oxygen atoms in total. The van der Waals surface area contributed by atoms with Crippen molar-refractivity contribution in [2.45, 2.75) is 25.1 Å². The van der Waals surface area contributed by atoms with Gasteiger partial charge in [-0.1, -0.05) is 48.5 Å². The van der Waals surface area contributed by atoms with Crippen molar-refractivity contribution in [3.63, 3.8) is 0 Å². The lowest BCUT2D eigenvalue weighted by molar-refractivity contribution is -0.274. The van der Waals surface area contributed by atoms with E-state index in [1.165, 1.54) is 12.1 Å². The first-order valence-electron chi connectivity index (χ1n) is 9.26. The number of carbonyl (C=O) groups is 1. The zero-order chi connectivity index (χ0) is 20.1. The number of hydrogen-bond donors (Lipinski definition) is 1. The van der Waals surface area contributed by atoms with Crippen LogP contribution >= 0.6 is 12.4 Å². The van der Waals surface area contributed by atoms with Crippen molar-refractivity contribution in [3.8, 4) is 5.75 Å². The van der Waals surface area contributed by atoms with Crippen LogP contribution in [-0.4, -0.2) is 36.8 Å². The number of amides is 1. The summed E-state index contributed by atoms with van der Waals surface area (Å²) in [6.45, 7) is 1.30. The highest BCUT2D eigenvalue weighted by Gasteiger charge is 2.47. The molecule has 1 aliphatic rings. The number of rotatable bonds is 8. The molecule has 0 spiro atoms. The third kappa shape index (κ3) is 6.37. The number of hydrogen-bond acceptors (Lipinski definition) is 3. The lowest BCUT2D eigenvalue weighted by Gasteiger charge is -2.22. The molecule has 158 valence electrons. The highest BCUT2D eigenvalue weighted by atomic mass is 35.5. The van der Waals surface area contributed by atoms with E-state index in [1.54, 1.807) is 17.0 Å². The van der Waals surface area contributed by atoms with Crippen molar-refractivity contribution >= 4 is 18.3 Å². The molecule has 0 aromatic heterocycles. The lowest BCUT2D eigenvalue weighted by atomic mass is 10.1. The number of ether oxygens (including phenoxy) is 1. The Hall–Kier alpha value is -2.25. The number of carbonyl (C=O) groups excluding carboxylic acids is 1. The maximum atomic E-state index is 12.9. The van der Waals surface area contributed by atoms with Gasteiger partial charge in [-0.05, 0) is 36.0 Å². The van der Waals surface area contributed by atoms with Gasteiger partial charge in [0, 0.05) is 25.6 Å². The van der Waals surface area contributed by atoms with Crippen LogP contribution in [0.15, 0.2) is 54.6 Å². The zero-order valence-corrected chi connectivity index (χ0v) is 16.6. The minimum atomic E-state index is -4.76. The zero-order valence-electron chi connectivity index (χ0n) is 15.8. The maximum absolute atomic E-state index is 12.9. The molecule has 1 saturated carbocycles. The average Bonchev–Trinajstić information content (AvgIpc) is 3.45. The molecule has 0 heterocycles. The van der Waals surface area contributed by atoms with Gasteiger partial charge in [-0.25, -0.2) is 0 Å². The fourth-order valence-corrected chi connectivity index (χ4v) is 3.45. The molecule has 1 aliphatic carbocycles. The van der Waals surface area contributed by atoms with Gasteiger partial charge in [-0.2, -0.15) is 0 Å². The molecule has 0 saturated heterocycles. The third-order valence-corrected chi connectivity index (χ3v) is 4.88. The Balaban J connectivity index is 0.00000300. The number of alkyl halides is 3. The van der Waals surface area contributed by atoms with Gasteiger partial charge in [0.15, 0.2) is 0 Å². The number of halogens is 4. The summed E-state index contributed by atoms with van der Waals surface area (Å²) in [6, 6.07) is 15.8. The highest BCUT2D eigenvalue weighted by Crippen LogP contribution is 2.51. The molecular formula is C21H24ClF3N2O2. The summed E-state index contributed by atoms with van der Waals surface area (Å²) in [5.41, 5.74) is 7.20. The van der Waals surface area contributed by atoms with Crippen molar-refractivity contribution in [1.82, 2.24) is 4.90 Å². The second-order valence-corrected chi connectivity index (χ2v) is 6.88. The van der Waals surface area contributed by atoms with E-state index in [0.717, 1.165) is 5.56 Å². The van der Waals surface area contributed by atoms with E-state index >= 15 is 0 Å². The Morgan fingerprint density at radius 3 is 2.38 bits per heavy atom. The Morgan fingerprint density at radius 1 is 1.07 bits per heavy atom. The predicted octanol–water partition coefficient (Wildman–Crippen LogP) is 4.14. The largest absolute Gasteiger partial charge is 0.573 e. The second-order valence-electron chi connectivity index (χ2n) is 6.88. The molecule has 1 fully saturated rings. The molecule has 29 heavy (non-hydrogen) atoms. The van der Waals surface area contributed by atoms with Crippen LogP contribution in [0.3, 0.4) is 0 Å². The van der Waals surface area contributed by atoms with Gasteiger partial charge in [-0.3, -0.25) is 4.79 Å². The number of nitrogens with zero attached hydrogens (tertiary/aromatic N) is 1. The summed E-state index contributed by atoms with van der Waals surface area (Å²) in [4.78, 5) is 14.6.